The molecule has 2 rings (SSSR count). The number of carbonyl (C=O) groups excluding carboxylic acids is 4. The van der Waals surface area contributed by atoms with Crippen molar-refractivity contribution >= 4 is 63.6 Å². The topological polar surface area (TPSA) is 223 Å². The molecule has 1 aromatic carbocycles. The minimum absolute atomic E-state index is 0.0226. The Hall–Kier alpha value is -3.50. The van der Waals surface area contributed by atoms with Crippen LogP contribution in [0.3, 0.4) is 0 Å². The highest BCUT2D eigenvalue weighted by Crippen LogP contribution is 2.29. The van der Waals surface area contributed by atoms with Crippen LogP contribution in [0.1, 0.15) is 36.5 Å². The van der Waals surface area contributed by atoms with Crippen molar-refractivity contribution in [3.63, 3.8) is 0 Å². The molecule has 0 spiro atoms. The number of hydrogen-bond acceptors (Lipinski definition) is 8. The molecule has 3 atom stereocenters. The zero-order valence-corrected chi connectivity index (χ0v) is 20.1. The van der Waals surface area contributed by atoms with Gasteiger partial charge in [-0.1, -0.05) is 0 Å². The Balaban J connectivity index is 2.46. The highest BCUT2D eigenvalue weighted by Gasteiger charge is 2.30. The summed E-state index contributed by atoms with van der Waals surface area (Å²) in [5.74, 6) is -4.47. The number of anilines is 1. The molecule has 7 N–H and O–H groups in total. The number of carbonyl (C=O) groups is 5. The number of carboxylic acids is 1. The maximum Gasteiger partial charge on any atom is 0.303 e. The van der Waals surface area contributed by atoms with E-state index in [0.29, 0.717) is 3.57 Å². The smallest absolute Gasteiger partial charge is 0.303 e. The Kier molecular flexibility index (Phi) is 9.11. The fraction of sp³-hybridized carbons (Fsp3) is 0.421. The molecule has 14 nitrogen and oxygen atoms in total. The van der Waals surface area contributed by atoms with Crippen LogP contribution in [0.15, 0.2) is 12.1 Å². The molecule has 0 radical (unpaired) electrons. The van der Waals surface area contributed by atoms with Gasteiger partial charge in [0.15, 0.2) is 0 Å². The monoisotopic (exact) mass is 590 g/mol. The Bertz CT molecular complexity index is 1030. The van der Waals surface area contributed by atoms with Crippen LogP contribution in [-0.2, 0) is 19.2 Å². The van der Waals surface area contributed by atoms with Gasteiger partial charge in [-0.3, -0.25) is 34.1 Å². The minimum Gasteiger partial charge on any atom is -0.481 e. The number of carboxylic acid groups (broad SMARTS) is 1. The van der Waals surface area contributed by atoms with Crippen LogP contribution in [0, 0.1) is 13.7 Å². The van der Waals surface area contributed by atoms with Gasteiger partial charge in [0.05, 0.1) is 16.2 Å². The summed E-state index contributed by atoms with van der Waals surface area (Å²) in [7, 11) is 0. The zero-order chi connectivity index (χ0) is 25.6. The van der Waals surface area contributed by atoms with E-state index in [1.165, 1.54) is 13.0 Å². The van der Waals surface area contributed by atoms with Crippen molar-refractivity contribution in [2.45, 2.75) is 44.3 Å². The van der Waals surface area contributed by atoms with Gasteiger partial charge < -0.3 is 32.1 Å². The van der Waals surface area contributed by atoms with E-state index >= 15 is 0 Å². The molecular weight excluding hydrogens is 567 g/mol. The van der Waals surface area contributed by atoms with Crippen LogP contribution in [0.2, 0.25) is 0 Å². The van der Waals surface area contributed by atoms with E-state index in [1.807, 2.05) is 22.6 Å². The number of nitrogens with one attached hydrogen (secondary N) is 4. The molecule has 0 saturated carbocycles. The highest BCUT2D eigenvalue weighted by atomic mass is 127. The number of nitro benzene ring substituents is 1. The van der Waals surface area contributed by atoms with Crippen LogP contribution < -0.4 is 27.0 Å². The molecule has 1 aliphatic rings. The van der Waals surface area contributed by atoms with Crippen LogP contribution in [0.25, 0.3) is 0 Å². The second-order valence-corrected chi connectivity index (χ2v) is 8.64. The Labute approximate surface area is 206 Å². The Morgan fingerprint density at radius 2 is 1.88 bits per heavy atom. The molecule has 184 valence electrons. The summed E-state index contributed by atoms with van der Waals surface area (Å²) >= 11 is 1.81. The van der Waals surface area contributed by atoms with Gasteiger partial charge in [-0.15, -0.1) is 0 Å². The first-order valence-electron chi connectivity index (χ1n) is 10.0. The molecular formula is C19H23IN6O8. The first-order chi connectivity index (χ1) is 15.9. The molecule has 0 unspecified atom stereocenters. The summed E-state index contributed by atoms with van der Waals surface area (Å²) < 4.78 is 0.342. The third kappa shape index (κ3) is 7.00. The normalized spacial score (nSPS) is 21.6. The molecule has 4 amide bonds. The SMILES string of the molecule is C[C@@H]1NC(=O)c2cc([N+](=O)[O-])cc(I)c2NCC[C@@H](C(N)=O)NC(=O)[C@H](CCC(=O)O)NC1=O. The van der Waals surface area contributed by atoms with Crippen molar-refractivity contribution in [3.05, 3.63) is 31.4 Å². The second kappa shape index (κ2) is 11.6. The molecule has 1 aliphatic heterocycles. The average Bonchev–Trinajstić information content (AvgIpc) is 2.74. The van der Waals surface area contributed by atoms with Crippen LogP contribution in [0.4, 0.5) is 11.4 Å². The van der Waals surface area contributed by atoms with Gasteiger partial charge in [0.25, 0.3) is 11.6 Å². The number of fused-ring (bicyclic) bond motifs is 1. The number of aliphatic carboxylic acids is 1. The number of primary amides is 1. The fourth-order valence-corrected chi connectivity index (χ4v) is 3.93. The molecule has 0 bridgehead atoms. The number of non-ortho nitro benzene ring substituents is 1. The lowest BCUT2D eigenvalue weighted by Gasteiger charge is -2.25. The van der Waals surface area contributed by atoms with Crippen molar-refractivity contribution in [2.24, 2.45) is 5.73 Å². The fourth-order valence-electron chi connectivity index (χ4n) is 3.13. The van der Waals surface area contributed by atoms with Crippen molar-refractivity contribution in [2.75, 3.05) is 11.9 Å². The van der Waals surface area contributed by atoms with Crippen molar-refractivity contribution < 1.29 is 34.0 Å². The average molecular weight is 590 g/mol. The van der Waals surface area contributed by atoms with E-state index in [4.69, 9.17) is 10.8 Å². The lowest BCUT2D eigenvalue weighted by atomic mass is 10.1. The van der Waals surface area contributed by atoms with Gasteiger partial charge in [-0.2, -0.15) is 0 Å². The third-order valence-electron chi connectivity index (χ3n) is 4.95. The number of rotatable bonds is 5. The van der Waals surface area contributed by atoms with E-state index < -0.39 is 59.1 Å². The number of nitro groups is 1. The quantitative estimate of drug-likeness (QED) is 0.147. The van der Waals surface area contributed by atoms with E-state index in [1.54, 1.807) is 0 Å². The van der Waals surface area contributed by atoms with Gasteiger partial charge in [-0.05, 0) is 42.4 Å². The van der Waals surface area contributed by atoms with E-state index in [-0.39, 0.29) is 36.3 Å². The molecule has 1 heterocycles. The molecule has 34 heavy (non-hydrogen) atoms. The molecule has 0 fully saturated rings. The second-order valence-electron chi connectivity index (χ2n) is 7.47. The number of hydrogen-bond donors (Lipinski definition) is 6. The molecule has 1 aromatic rings. The molecule has 0 saturated heterocycles. The van der Waals surface area contributed by atoms with Gasteiger partial charge in [0.2, 0.25) is 17.7 Å². The third-order valence-corrected chi connectivity index (χ3v) is 5.80. The number of amides is 4. The number of nitrogens with two attached hydrogens (primary N) is 1. The maximum atomic E-state index is 12.9. The lowest BCUT2D eigenvalue weighted by Crippen LogP contribution is -2.56. The van der Waals surface area contributed by atoms with E-state index in [2.05, 4.69) is 21.3 Å². The predicted molar refractivity (Wildman–Crippen MR) is 126 cm³/mol. The van der Waals surface area contributed by atoms with Gasteiger partial charge in [0, 0.05) is 28.7 Å². The summed E-state index contributed by atoms with van der Waals surface area (Å²) in [6, 6.07) is -1.36. The van der Waals surface area contributed by atoms with E-state index in [9.17, 15) is 34.1 Å². The summed E-state index contributed by atoms with van der Waals surface area (Å²) in [4.78, 5) is 71.7. The number of halogens is 1. The van der Waals surface area contributed by atoms with E-state index in [0.717, 1.165) is 6.07 Å². The summed E-state index contributed by atoms with van der Waals surface area (Å²) in [6.45, 7) is 1.37. The van der Waals surface area contributed by atoms with Crippen LogP contribution in [-0.4, -0.2) is 64.3 Å². The first kappa shape index (κ1) is 26.7. The maximum absolute atomic E-state index is 12.9. The van der Waals surface area contributed by atoms with Crippen LogP contribution >= 0.6 is 22.6 Å². The number of benzene rings is 1. The molecule has 0 aromatic heterocycles. The minimum atomic E-state index is -1.31. The van der Waals surface area contributed by atoms with Gasteiger partial charge >= 0.3 is 5.97 Å². The first-order valence-corrected chi connectivity index (χ1v) is 11.1. The van der Waals surface area contributed by atoms with Gasteiger partial charge in [0.1, 0.15) is 18.1 Å². The van der Waals surface area contributed by atoms with Crippen LogP contribution in [0.5, 0.6) is 0 Å². The predicted octanol–water partition coefficient (Wildman–Crippen LogP) is -0.547. The largest absolute Gasteiger partial charge is 0.481 e. The molecule has 0 aliphatic carbocycles. The van der Waals surface area contributed by atoms with Crippen molar-refractivity contribution in [1.82, 2.24) is 16.0 Å². The van der Waals surface area contributed by atoms with Crippen molar-refractivity contribution in [3.8, 4) is 0 Å². The summed E-state index contributed by atoms with van der Waals surface area (Å²) in [5, 5.41) is 30.3. The number of nitrogens with zero attached hydrogens (tertiary/aromatic N) is 1. The summed E-state index contributed by atoms with van der Waals surface area (Å²) in [5.41, 5.74) is 5.18. The lowest BCUT2D eigenvalue weighted by molar-refractivity contribution is -0.384. The summed E-state index contributed by atoms with van der Waals surface area (Å²) in [6.07, 6.45) is -0.743. The Morgan fingerprint density at radius 1 is 1.21 bits per heavy atom. The van der Waals surface area contributed by atoms with Crippen molar-refractivity contribution in [1.29, 1.82) is 0 Å². The standard InChI is InChI=1S/C19H23IN6O8/c1-8-17(30)25-13(2-3-14(27)28)19(32)24-12(16(21)29)4-5-22-15-10(18(31)23-8)6-9(26(33)34)7-11(15)20/h6-8,12-13,22H,2-5H2,1H3,(H2,21,29)(H,23,31)(H,24,32)(H,25,30)(H,27,28)/t8-,12-,13-/m0/s1. The molecule has 15 heteroatoms. The Morgan fingerprint density at radius 3 is 2.47 bits per heavy atom. The van der Waals surface area contributed by atoms with Gasteiger partial charge in [-0.25, -0.2) is 0 Å². The highest BCUT2D eigenvalue weighted by molar-refractivity contribution is 14.1. The zero-order valence-electron chi connectivity index (χ0n) is 17.9.